The number of aromatic nitrogens is 2. The molecule has 1 aliphatic carbocycles. The van der Waals surface area contributed by atoms with Crippen molar-refractivity contribution in [2.45, 2.75) is 31.3 Å². The number of aliphatic hydroxyl groups is 1. The predicted molar refractivity (Wildman–Crippen MR) is 91.0 cm³/mol. The zero-order chi connectivity index (χ0) is 16.1. The van der Waals surface area contributed by atoms with Crippen molar-refractivity contribution in [2.75, 3.05) is 31.2 Å². The number of nitrogens with zero attached hydrogens (tertiary/aromatic N) is 3. The van der Waals surface area contributed by atoms with E-state index < -0.39 is 5.60 Å². The first-order valence-electron chi connectivity index (χ1n) is 8.79. The van der Waals surface area contributed by atoms with Crippen molar-refractivity contribution in [3.8, 4) is 11.3 Å². The molecule has 0 bridgehead atoms. The fourth-order valence-corrected chi connectivity index (χ4v) is 3.72. The summed E-state index contributed by atoms with van der Waals surface area (Å²) in [5.41, 5.74) is 4.82. The van der Waals surface area contributed by atoms with E-state index in [0.29, 0.717) is 13.2 Å². The second kappa shape index (κ2) is 5.26. The molecule has 2 aliphatic heterocycles. The van der Waals surface area contributed by atoms with Gasteiger partial charge in [-0.15, -0.1) is 0 Å². The molecule has 24 heavy (non-hydrogen) atoms. The molecule has 0 atom stereocenters. The molecule has 1 aromatic carbocycles. The van der Waals surface area contributed by atoms with Crippen molar-refractivity contribution in [1.29, 1.82) is 0 Å². The lowest BCUT2D eigenvalue weighted by atomic mass is 9.91. The van der Waals surface area contributed by atoms with Gasteiger partial charge in [-0.25, -0.2) is 9.97 Å². The minimum atomic E-state index is -0.811. The Bertz CT molecular complexity index is 780. The van der Waals surface area contributed by atoms with Gasteiger partial charge in [-0.1, -0.05) is 24.3 Å². The summed E-state index contributed by atoms with van der Waals surface area (Å²) in [6.45, 7) is 2.89. The average Bonchev–Trinajstić information content (AvgIpc) is 2.99. The maximum absolute atomic E-state index is 10.4. The van der Waals surface area contributed by atoms with E-state index in [9.17, 15) is 5.11 Å². The zero-order valence-electron chi connectivity index (χ0n) is 13.7. The lowest BCUT2D eigenvalue weighted by Crippen LogP contribution is -2.46. The first-order valence-corrected chi connectivity index (χ1v) is 8.79. The molecule has 1 N–H and O–H groups in total. The highest BCUT2D eigenvalue weighted by atomic mass is 16.5. The van der Waals surface area contributed by atoms with E-state index in [2.05, 4.69) is 17.0 Å². The van der Waals surface area contributed by atoms with E-state index in [1.54, 1.807) is 0 Å². The fourth-order valence-electron chi connectivity index (χ4n) is 3.72. The summed E-state index contributed by atoms with van der Waals surface area (Å²) in [4.78, 5) is 11.9. The Morgan fingerprint density at radius 2 is 1.79 bits per heavy atom. The van der Waals surface area contributed by atoms with Crippen LogP contribution in [0.25, 0.3) is 11.3 Å². The molecular formula is C19H21N3O2. The van der Waals surface area contributed by atoms with Crippen LogP contribution in [0.2, 0.25) is 0 Å². The van der Waals surface area contributed by atoms with E-state index in [1.165, 1.54) is 17.7 Å². The third-order valence-electron chi connectivity index (χ3n) is 5.44. The molecular weight excluding hydrogens is 302 g/mol. The van der Waals surface area contributed by atoms with Gasteiger partial charge in [0.1, 0.15) is 5.60 Å². The number of hydrogen-bond acceptors (Lipinski definition) is 5. The minimum Gasteiger partial charge on any atom is -0.380 e. The van der Waals surface area contributed by atoms with Gasteiger partial charge in [-0.3, -0.25) is 0 Å². The SMILES string of the molecule is OC1(c2ccc(-c3nc(N4CCC4)nc4c3CCC4)cc2)COC1. The average molecular weight is 323 g/mol. The summed E-state index contributed by atoms with van der Waals surface area (Å²) in [5.74, 6) is 0.881. The van der Waals surface area contributed by atoms with E-state index in [1.807, 2.05) is 12.1 Å². The molecule has 0 radical (unpaired) electrons. The van der Waals surface area contributed by atoms with Crippen molar-refractivity contribution in [2.24, 2.45) is 0 Å². The van der Waals surface area contributed by atoms with E-state index in [0.717, 1.165) is 55.1 Å². The highest BCUT2D eigenvalue weighted by Crippen LogP contribution is 2.35. The summed E-state index contributed by atoms with van der Waals surface area (Å²) < 4.78 is 5.15. The Labute approximate surface area is 141 Å². The van der Waals surface area contributed by atoms with Gasteiger partial charge in [-0.2, -0.15) is 0 Å². The van der Waals surface area contributed by atoms with Crippen LogP contribution in [-0.2, 0) is 23.2 Å². The van der Waals surface area contributed by atoms with Gasteiger partial charge in [0.15, 0.2) is 0 Å². The van der Waals surface area contributed by atoms with Crippen LogP contribution in [-0.4, -0.2) is 41.4 Å². The van der Waals surface area contributed by atoms with Crippen LogP contribution >= 0.6 is 0 Å². The van der Waals surface area contributed by atoms with Crippen molar-refractivity contribution in [1.82, 2.24) is 9.97 Å². The largest absolute Gasteiger partial charge is 0.380 e. The first kappa shape index (κ1) is 14.4. The number of fused-ring (bicyclic) bond motifs is 1. The highest BCUT2D eigenvalue weighted by molar-refractivity contribution is 5.67. The molecule has 2 fully saturated rings. The number of hydrogen-bond donors (Lipinski definition) is 1. The van der Waals surface area contributed by atoms with Crippen LogP contribution in [0.1, 0.15) is 29.7 Å². The molecule has 0 amide bonds. The smallest absolute Gasteiger partial charge is 0.226 e. The number of anilines is 1. The zero-order valence-corrected chi connectivity index (χ0v) is 13.7. The molecule has 5 heteroatoms. The number of benzene rings is 1. The monoisotopic (exact) mass is 323 g/mol. The van der Waals surface area contributed by atoms with Crippen LogP contribution in [0.15, 0.2) is 24.3 Å². The molecule has 0 spiro atoms. The Hall–Kier alpha value is -1.98. The quantitative estimate of drug-likeness (QED) is 0.937. The Morgan fingerprint density at radius 1 is 1.00 bits per heavy atom. The molecule has 124 valence electrons. The van der Waals surface area contributed by atoms with Crippen molar-refractivity contribution in [3.63, 3.8) is 0 Å². The van der Waals surface area contributed by atoms with Crippen molar-refractivity contribution >= 4 is 5.95 Å². The van der Waals surface area contributed by atoms with Crippen LogP contribution in [0.5, 0.6) is 0 Å². The standard InChI is InChI=1S/C19H21N3O2/c23-19(11-24-12-19)14-7-5-13(6-8-14)17-15-3-1-4-16(15)20-18(21-17)22-9-2-10-22/h5-8,23H,1-4,9-12H2. The second-order valence-corrected chi connectivity index (χ2v) is 7.09. The summed E-state index contributed by atoms with van der Waals surface area (Å²) in [6, 6.07) is 8.16. The van der Waals surface area contributed by atoms with Crippen LogP contribution < -0.4 is 4.90 Å². The van der Waals surface area contributed by atoms with Gasteiger partial charge in [-0.05, 0) is 31.2 Å². The summed E-state index contributed by atoms with van der Waals surface area (Å²) >= 11 is 0. The molecule has 3 heterocycles. The predicted octanol–water partition coefficient (Wildman–Crippen LogP) is 2.06. The third-order valence-corrected chi connectivity index (χ3v) is 5.44. The normalized spacial score (nSPS) is 21.1. The summed E-state index contributed by atoms with van der Waals surface area (Å²) in [6.07, 6.45) is 4.51. The Balaban J connectivity index is 1.54. The number of aryl methyl sites for hydroxylation is 1. The molecule has 2 aromatic rings. The van der Waals surface area contributed by atoms with Gasteiger partial charge < -0.3 is 14.7 Å². The van der Waals surface area contributed by atoms with E-state index in [-0.39, 0.29) is 0 Å². The Morgan fingerprint density at radius 3 is 2.42 bits per heavy atom. The molecule has 0 unspecified atom stereocenters. The number of rotatable bonds is 3. The van der Waals surface area contributed by atoms with Gasteiger partial charge in [0.2, 0.25) is 5.95 Å². The van der Waals surface area contributed by atoms with Gasteiger partial charge in [0.05, 0.1) is 18.9 Å². The maximum Gasteiger partial charge on any atom is 0.226 e. The summed E-state index contributed by atoms with van der Waals surface area (Å²) in [5, 5.41) is 10.4. The topological polar surface area (TPSA) is 58.5 Å². The highest BCUT2D eigenvalue weighted by Gasteiger charge is 2.37. The lowest BCUT2D eigenvalue weighted by Gasteiger charge is -2.36. The molecule has 5 nitrogen and oxygen atoms in total. The molecule has 0 saturated carbocycles. The van der Waals surface area contributed by atoms with Crippen LogP contribution in [0.3, 0.4) is 0 Å². The maximum atomic E-state index is 10.4. The molecule has 3 aliphatic rings. The van der Waals surface area contributed by atoms with Crippen LogP contribution in [0.4, 0.5) is 5.95 Å². The third kappa shape index (κ3) is 2.15. The van der Waals surface area contributed by atoms with Crippen molar-refractivity contribution in [3.05, 3.63) is 41.1 Å². The molecule has 5 rings (SSSR count). The lowest BCUT2D eigenvalue weighted by molar-refractivity contribution is -0.184. The van der Waals surface area contributed by atoms with E-state index >= 15 is 0 Å². The van der Waals surface area contributed by atoms with Crippen LogP contribution in [0, 0.1) is 0 Å². The molecule has 1 aromatic heterocycles. The van der Waals surface area contributed by atoms with Crippen molar-refractivity contribution < 1.29 is 9.84 Å². The van der Waals surface area contributed by atoms with Gasteiger partial charge in [0, 0.05) is 29.9 Å². The summed E-state index contributed by atoms with van der Waals surface area (Å²) in [7, 11) is 0. The minimum absolute atomic E-state index is 0.383. The first-order chi connectivity index (χ1) is 11.7. The molecule has 2 saturated heterocycles. The Kier molecular flexibility index (Phi) is 3.15. The van der Waals surface area contributed by atoms with Gasteiger partial charge in [0.25, 0.3) is 0 Å². The number of ether oxygens (including phenoxy) is 1. The second-order valence-electron chi connectivity index (χ2n) is 7.09. The van der Waals surface area contributed by atoms with Gasteiger partial charge >= 0.3 is 0 Å². The fraction of sp³-hybridized carbons (Fsp3) is 0.474. The van der Waals surface area contributed by atoms with E-state index in [4.69, 9.17) is 14.7 Å².